The van der Waals surface area contributed by atoms with Crippen LogP contribution in [-0.2, 0) is 11.3 Å². The van der Waals surface area contributed by atoms with Gasteiger partial charge in [-0.15, -0.1) is 0 Å². The number of hydrogen-bond acceptors (Lipinski definition) is 4. The molecule has 1 N–H and O–H groups in total. The van der Waals surface area contributed by atoms with Gasteiger partial charge in [-0.25, -0.2) is 0 Å². The van der Waals surface area contributed by atoms with Crippen LogP contribution in [0.1, 0.15) is 18.4 Å². The number of benzene rings is 1. The zero-order valence-electron chi connectivity index (χ0n) is 11.4. The lowest BCUT2D eigenvalue weighted by atomic mass is 10.1. The maximum Gasteiger partial charge on any atom is 0.176 e. The second kappa shape index (κ2) is 6.46. The molecule has 1 aromatic rings. The number of phenolic OH excluding ortho intramolecular Hbond substituents is 1. The van der Waals surface area contributed by atoms with Gasteiger partial charge in [0.15, 0.2) is 11.5 Å². The molecule has 106 valence electrons. The van der Waals surface area contributed by atoms with Crippen molar-refractivity contribution in [3.63, 3.8) is 0 Å². The van der Waals surface area contributed by atoms with Crippen molar-refractivity contribution in [2.24, 2.45) is 0 Å². The number of phenols is 1. The Morgan fingerprint density at radius 3 is 2.74 bits per heavy atom. The van der Waals surface area contributed by atoms with Crippen LogP contribution >= 0.6 is 11.6 Å². The zero-order chi connectivity index (χ0) is 13.8. The summed E-state index contributed by atoms with van der Waals surface area (Å²) in [7, 11) is 3.63. The van der Waals surface area contributed by atoms with Crippen molar-refractivity contribution in [2.45, 2.75) is 25.4 Å². The van der Waals surface area contributed by atoms with Crippen LogP contribution in [0.5, 0.6) is 11.5 Å². The standard InChI is InChI=1S/C14H20ClNO3/c1-16(11-3-5-19-6-4-11)9-10-7-12(15)14(17)13(8-10)18-2/h7-8,11,17H,3-6,9H2,1-2H3. The first kappa shape index (κ1) is 14.4. The van der Waals surface area contributed by atoms with E-state index in [-0.39, 0.29) is 5.75 Å². The Bertz CT molecular complexity index is 433. The lowest BCUT2D eigenvalue weighted by molar-refractivity contribution is 0.0407. The first-order valence-corrected chi connectivity index (χ1v) is 6.83. The summed E-state index contributed by atoms with van der Waals surface area (Å²) in [6, 6.07) is 4.15. The largest absolute Gasteiger partial charge is 0.503 e. The number of ether oxygens (including phenoxy) is 2. The molecule has 1 aliphatic rings. The van der Waals surface area contributed by atoms with E-state index in [9.17, 15) is 5.11 Å². The van der Waals surface area contributed by atoms with Gasteiger partial charge in [-0.05, 0) is 37.6 Å². The van der Waals surface area contributed by atoms with Gasteiger partial charge < -0.3 is 14.6 Å². The molecule has 0 aliphatic carbocycles. The van der Waals surface area contributed by atoms with E-state index < -0.39 is 0 Å². The third-order valence-corrected chi connectivity index (χ3v) is 3.84. The summed E-state index contributed by atoms with van der Waals surface area (Å²) in [5.41, 5.74) is 1.04. The van der Waals surface area contributed by atoms with Crippen LogP contribution in [0, 0.1) is 0 Å². The molecule has 4 nitrogen and oxygen atoms in total. The van der Waals surface area contributed by atoms with E-state index in [2.05, 4.69) is 11.9 Å². The molecule has 0 radical (unpaired) electrons. The van der Waals surface area contributed by atoms with E-state index in [1.807, 2.05) is 6.07 Å². The summed E-state index contributed by atoms with van der Waals surface area (Å²) < 4.78 is 10.5. The van der Waals surface area contributed by atoms with Crippen LogP contribution < -0.4 is 4.74 Å². The summed E-state index contributed by atoms with van der Waals surface area (Å²) in [4.78, 5) is 2.30. The third kappa shape index (κ3) is 3.53. The van der Waals surface area contributed by atoms with Crippen LogP contribution in [0.15, 0.2) is 12.1 Å². The van der Waals surface area contributed by atoms with Gasteiger partial charge in [0.25, 0.3) is 0 Å². The van der Waals surface area contributed by atoms with Crippen molar-refractivity contribution in [2.75, 3.05) is 27.4 Å². The molecule has 0 atom stereocenters. The maximum absolute atomic E-state index is 9.72. The molecule has 1 aromatic carbocycles. The van der Waals surface area contributed by atoms with Gasteiger partial charge in [-0.2, -0.15) is 0 Å². The molecular weight excluding hydrogens is 266 g/mol. The normalized spacial score (nSPS) is 16.8. The van der Waals surface area contributed by atoms with Gasteiger partial charge >= 0.3 is 0 Å². The van der Waals surface area contributed by atoms with Crippen molar-refractivity contribution in [1.82, 2.24) is 4.90 Å². The number of methoxy groups -OCH3 is 1. The minimum atomic E-state index is 0.00151. The smallest absolute Gasteiger partial charge is 0.176 e. The first-order chi connectivity index (χ1) is 9.11. The van der Waals surface area contributed by atoms with E-state index >= 15 is 0 Å². The number of rotatable bonds is 4. The van der Waals surface area contributed by atoms with E-state index in [0.717, 1.165) is 38.2 Å². The van der Waals surface area contributed by atoms with Crippen molar-refractivity contribution in [3.8, 4) is 11.5 Å². The van der Waals surface area contributed by atoms with Crippen molar-refractivity contribution < 1.29 is 14.6 Å². The van der Waals surface area contributed by atoms with Crippen LogP contribution in [0.2, 0.25) is 5.02 Å². The van der Waals surface area contributed by atoms with E-state index in [1.165, 1.54) is 7.11 Å². The topological polar surface area (TPSA) is 41.9 Å². The molecule has 0 unspecified atom stereocenters. The molecule has 0 aromatic heterocycles. The fourth-order valence-electron chi connectivity index (χ4n) is 2.42. The number of nitrogens with zero attached hydrogens (tertiary/aromatic N) is 1. The maximum atomic E-state index is 9.72. The highest BCUT2D eigenvalue weighted by Gasteiger charge is 2.19. The molecule has 1 saturated heterocycles. The second-order valence-corrected chi connectivity index (χ2v) is 5.29. The lowest BCUT2D eigenvalue weighted by Gasteiger charge is -2.31. The molecule has 0 saturated carbocycles. The summed E-state index contributed by atoms with van der Waals surface area (Å²) >= 11 is 6.00. The second-order valence-electron chi connectivity index (χ2n) is 4.89. The number of aromatic hydroxyl groups is 1. The third-order valence-electron chi connectivity index (χ3n) is 3.55. The summed E-state index contributed by atoms with van der Waals surface area (Å²) in [6.07, 6.45) is 2.11. The highest BCUT2D eigenvalue weighted by molar-refractivity contribution is 6.32. The Kier molecular flexibility index (Phi) is 4.91. The lowest BCUT2D eigenvalue weighted by Crippen LogP contribution is -2.36. The van der Waals surface area contributed by atoms with Crippen LogP contribution in [-0.4, -0.2) is 43.4 Å². The van der Waals surface area contributed by atoms with Gasteiger partial charge in [0, 0.05) is 25.8 Å². The minimum absolute atomic E-state index is 0.00151. The van der Waals surface area contributed by atoms with Crippen LogP contribution in [0.25, 0.3) is 0 Å². The molecule has 0 amide bonds. The van der Waals surface area contributed by atoms with E-state index in [1.54, 1.807) is 6.07 Å². The van der Waals surface area contributed by atoms with Gasteiger partial charge in [-0.1, -0.05) is 11.6 Å². The monoisotopic (exact) mass is 285 g/mol. The van der Waals surface area contributed by atoms with Gasteiger partial charge in [0.1, 0.15) is 0 Å². The van der Waals surface area contributed by atoms with Gasteiger partial charge in [0.05, 0.1) is 12.1 Å². The van der Waals surface area contributed by atoms with E-state index in [4.69, 9.17) is 21.1 Å². The molecule has 0 spiro atoms. The Labute approximate surface area is 118 Å². The molecule has 5 heteroatoms. The minimum Gasteiger partial charge on any atom is -0.503 e. The van der Waals surface area contributed by atoms with Crippen molar-refractivity contribution in [3.05, 3.63) is 22.7 Å². The fourth-order valence-corrected chi connectivity index (χ4v) is 2.65. The zero-order valence-corrected chi connectivity index (χ0v) is 12.1. The highest BCUT2D eigenvalue weighted by Crippen LogP contribution is 2.35. The van der Waals surface area contributed by atoms with Crippen molar-refractivity contribution in [1.29, 1.82) is 0 Å². The van der Waals surface area contributed by atoms with Crippen LogP contribution in [0.3, 0.4) is 0 Å². The summed E-state index contributed by atoms with van der Waals surface area (Å²) in [6.45, 7) is 2.43. The molecule has 1 aliphatic heterocycles. The summed E-state index contributed by atoms with van der Waals surface area (Å²) in [5, 5.41) is 10.0. The first-order valence-electron chi connectivity index (χ1n) is 6.45. The van der Waals surface area contributed by atoms with Gasteiger partial charge in [0.2, 0.25) is 0 Å². The molecule has 1 heterocycles. The predicted molar refractivity (Wildman–Crippen MR) is 75.0 cm³/mol. The van der Waals surface area contributed by atoms with Gasteiger partial charge in [-0.3, -0.25) is 4.90 Å². The molecule has 19 heavy (non-hydrogen) atoms. The quantitative estimate of drug-likeness (QED) is 0.923. The predicted octanol–water partition coefficient (Wildman–Crippen LogP) is 2.67. The fraction of sp³-hybridized carbons (Fsp3) is 0.571. The SMILES string of the molecule is COc1cc(CN(C)C2CCOCC2)cc(Cl)c1O. The highest BCUT2D eigenvalue weighted by atomic mass is 35.5. The Morgan fingerprint density at radius 2 is 2.11 bits per heavy atom. The molecule has 1 fully saturated rings. The van der Waals surface area contributed by atoms with E-state index in [0.29, 0.717) is 16.8 Å². The Morgan fingerprint density at radius 1 is 1.42 bits per heavy atom. The molecular formula is C14H20ClNO3. The summed E-state index contributed by atoms with van der Waals surface area (Å²) in [5.74, 6) is 0.421. The van der Waals surface area contributed by atoms with Crippen molar-refractivity contribution >= 4 is 11.6 Å². The number of hydrogen-bond donors (Lipinski definition) is 1. The Hall–Kier alpha value is -0.970. The average Bonchev–Trinajstić information content (AvgIpc) is 2.43. The number of halogens is 1. The Balaban J connectivity index is 2.07. The molecule has 0 bridgehead atoms. The molecule has 2 rings (SSSR count). The average molecular weight is 286 g/mol. The van der Waals surface area contributed by atoms with Crippen LogP contribution in [0.4, 0.5) is 0 Å².